The molecule has 3 aromatic carbocycles. The lowest BCUT2D eigenvalue weighted by Crippen LogP contribution is -2.28. The standard InChI is InChI=1S/C37H45N5O2/c1-10-11-17-41(9)34(44)28-21-32-31(18-25(28)23-43)39-42(40-32)33-20-27(36(5,6)24-35(2,3)4)19-30(29(33)22-38)37(7,8)26-15-13-12-14-16-26/h12-16,18-21,23H,10-11,17,24H2,1-9H3. The Hall–Kier alpha value is -4.31. The van der Waals surface area contributed by atoms with Gasteiger partial charge >= 0.3 is 0 Å². The fraction of sp³-hybridized carbons (Fsp3) is 0.432. The third-order valence-corrected chi connectivity index (χ3v) is 8.47. The number of carbonyl (C=O) groups is 2. The second kappa shape index (κ2) is 12.4. The van der Waals surface area contributed by atoms with Crippen LogP contribution in [0.3, 0.4) is 0 Å². The molecule has 0 aliphatic rings. The second-order valence-electron chi connectivity index (χ2n) is 14.3. The zero-order valence-electron chi connectivity index (χ0n) is 27.7. The average molecular weight is 592 g/mol. The molecule has 7 nitrogen and oxygen atoms in total. The molecule has 0 bridgehead atoms. The van der Waals surface area contributed by atoms with Gasteiger partial charge in [0.2, 0.25) is 0 Å². The first-order valence-electron chi connectivity index (χ1n) is 15.4. The predicted octanol–water partition coefficient (Wildman–Crippen LogP) is 8.02. The molecule has 0 N–H and O–H groups in total. The number of fused-ring (bicyclic) bond motifs is 1. The van der Waals surface area contributed by atoms with Gasteiger partial charge in [0, 0.05) is 24.6 Å². The summed E-state index contributed by atoms with van der Waals surface area (Å²) in [6, 6.07) is 20.1. The molecule has 0 atom stereocenters. The number of aromatic nitrogens is 3. The van der Waals surface area contributed by atoms with Crippen LogP contribution in [0.1, 0.15) is 118 Å². The minimum Gasteiger partial charge on any atom is -0.342 e. The molecule has 7 heteroatoms. The van der Waals surface area contributed by atoms with Crippen molar-refractivity contribution in [2.75, 3.05) is 13.6 Å². The van der Waals surface area contributed by atoms with Crippen molar-refractivity contribution >= 4 is 23.2 Å². The number of benzene rings is 3. The molecule has 0 saturated heterocycles. The molecule has 1 aromatic heterocycles. The quantitative estimate of drug-likeness (QED) is 0.174. The van der Waals surface area contributed by atoms with E-state index in [0.29, 0.717) is 40.7 Å². The maximum absolute atomic E-state index is 13.3. The number of hydrogen-bond donors (Lipinski definition) is 0. The zero-order valence-corrected chi connectivity index (χ0v) is 27.7. The van der Waals surface area contributed by atoms with Crippen molar-refractivity contribution in [3.63, 3.8) is 0 Å². The first-order valence-corrected chi connectivity index (χ1v) is 15.4. The Bertz CT molecular complexity index is 1720. The maximum atomic E-state index is 13.3. The highest BCUT2D eigenvalue weighted by atomic mass is 16.2. The zero-order chi connectivity index (χ0) is 32.4. The van der Waals surface area contributed by atoms with E-state index >= 15 is 0 Å². The molecule has 0 spiro atoms. The van der Waals surface area contributed by atoms with E-state index in [1.54, 1.807) is 24.1 Å². The van der Waals surface area contributed by atoms with Crippen LogP contribution in [0.15, 0.2) is 54.6 Å². The van der Waals surface area contributed by atoms with Crippen LogP contribution in [-0.4, -0.2) is 45.7 Å². The van der Waals surface area contributed by atoms with Gasteiger partial charge in [0.1, 0.15) is 22.8 Å². The van der Waals surface area contributed by atoms with E-state index < -0.39 is 5.41 Å². The third kappa shape index (κ3) is 6.60. The Morgan fingerprint density at radius 3 is 2.16 bits per heavy atom. The van der Waals surface area contributed by atoms with Crippen molar-refractivity contribution < 1.29 is 9.59 Å². The van der Waals surface area contributed by atoms with Crippen LogP contribution in [0.2, 0.25) is 0 Å². The summed E-state index contributed by atoms with van der Waals surface area (Å²) in [7, 11) is 1.74. The lowest BCUT2D eigenvalue weighted by molar-refractivity contribution is 0.0790. The number of aldehydes is 1. The monoisotopic (exact) mass is 591 g/mol. The molecule has 0 saturated carbocycles. The Morgan fingerprint density at radius 1 is 0.955 bits per heavy atom. The largest absolute Gasteiger partial charge is 0.342 e. The molecule has 0 unspecified atom stereocenters. The minimum atomic E-state index is -0.491. The van der Waals surface area contributed by atoms with E-state index in [1.165, 1.54) is 4.80 Å². The van der Waals surface area contributed by atoms with Crippen molar-refractivity contribution in [1.29, 1.82) is 5.26 Å². The van der Waals surface area contributed by atoms with Crippen molar-refractivity contribution in [2.45, 2.75) is 85.5 Å². The van der Waals surface area contributed by atoms with E-state index in [2.05, 4.69) is 79.7 Å². The van der Waals surface area contributed by atoms with Gasteiger partial charge in [0.15, 0.2) is 6.29 Å². The summed E-state index contributed by atoms with van der Waals surface area (Å²) in [6.45, 7) is 18.1. The van der Waals surface area contributed by atoms with E-state index in [-0.39, 0.29) is 22.3 Å². The molecular weight excluding hydrogens is 546 g/mol. The summed E-state index contributed by atoms with van der Waals surface area (Å²) in [5, 5.41) is 20.2. The molecule has 0 radical (unpaired) electrons. The molecule has 44 heavy (non-hydrogen) atoms. The summed E-state index contributed by atoms with van der Waals surface area (Å²) in [4.78, 5) is 28.5. The number of hydrogen-bond acceptors (Lipinski definition) is 5. The van der Waals surface area contributed by atoms with Crippen LogP contribution >= 0.6 is 0 Å². The van der Waals surface area contributed by atoms with Crippen LogP contribution in [0.25, 0.3) is 16.7 Å². The van der Waals surface area contributed by atoms with Crippen LogP contribution in [-0.2, 0) is 10.8 Å². The van der Waals surface area contributed by atoms with E-state index in [0.717, 1.165) is 36.0 Å². The summed E-state index contributed by atoms with van der Waals surface area (Å²) in [5.74, 6) is -0.229. The van der Waals surface area contributed by atoms with E-state index in [9.17, 15) is 14.9 Å². The summed E-state index contributed by atoms with van der Waals surface area (Å²) in [5.41, 5.74) is 5.02. The summed E-state index contributed by atoms with van der Waals surface area (Å²) < 4.78 is 0. The van der Waals surface area contributed by atoms with Crippen molar-refractivity contribution in [3.05, 3.63) is 88.0 Å². The fourth-order valence-corrected chi connectivity index (χ4v) is 6.30. The minimum absolute atomic E-state index is 0.0732. The van der Waals surface area contributed by atoms with Gasteiger partial charge in [0.05, 0.1) is 11.1 Å². The fourth-order valence-electron chi connectivity index (χ4n) is 6.30. The molecule has 0 aliphatic heterocycles. The molecule has 0 fully saturated rings. The van der Waals surface area contributed by atoms with Crippen molar-refractivity contribution in [1.82, 2.24) is 19.9 Å². The molecule has 1 amide bonds. The second-order valence-corrected chi connectivity index (χ2v) is 14.3. The van der Waals surface area contributed by atoms with Crippen molar-refractivity contribution in [2.24, 2.45) is 5.41 Å². The highest BCUT2D eigenvalue weighted by molar-refractivity contribution is 6.04. The lowest BCUT2D eigenvalue weighted by atomic mass is 9.69. The molecule has 230 valence electrons. The van der Waals surface area contributed by atoms with Gasteiger partial charge in [-0.25, -0.2) is 0 Å². The van der Waals surface area contributed by atoms with Gasteiger partial charge in [0.25, 0.3) is 5.91 Å². The van der Waals surface area contributed by atoms with Gasteiger partial charge in [-0.2, -0.15) is 5.26 Å². The van der Waals surface area contributed by atoms with Crippen LogP contribution in [0, 0.1) is 16.7 Å². The topological polar surface area (TPSA) is 91.9 Å². The van der Waals surface area contributed by atoms with Gasteiger partial charge in [-0.15, -0.1) is 15.0 Å². The highest BCUT2D eigenvalue weighted by Crippen LogP contribution is 2.42. The number of carbonyl (C=O) groups excluding carboxylic acids is 2. The first kappa shape index (κ1) is 32.6. The summed E-state index contributed by atoms with van der Waals surface area (Å²) in [6.07, 6.45) is 3.44. The highest BCUT2D eigenvalue weighted by Gasteiger charge is 2.34. The normalized spacial score (nSPS) is 12.3. The Kier molecular flexibility index (Phi) is 9.16. The first-order chi connectivity index (χ1) is 20.6. The molecule has 0 aliphatic carbocycles. The van der Waals surface area contributed by atoms with Gasteiger partial charge in [-0.1, -0.05) is 98.2 Å². The van der Waals surface area contributed by atoms with Gasteiger partial charge in [-0.3, -0.25) is 9.59 Å². The number of rotatable bonds is 10. The van der Waals surface area contributed by atoms with Crippen LogP contribution in [0.4, 0.5) is 0 Å². The summed E-state index contributed by atoms with van der Waals surface area (Å²) >= 11 is 0. The molecular formula is C37H45N5O2. The smallest absolute Gasteiger partial charge is 0.254 e. The van der Waals surface area contributed by atoms with Gasteiger partial charge in [-0.05, 0) is 58.6 Å². The number of unbranched alkanes of at least 4 members (excludes halogenated alkanes) is 1. The lowest BCUT2D eigenvalue weighted by Gasteiger charge is -2.35. The maximum Gasteiger partial charge on any atom is 0.254 e. The van der Waals surface area contributed by atoms with E-state index in [4.69, 9.17) is 10.2 Å². The van der Waals surface area contributed by atoms with E-state index in [1.807, 2.05) is 24.3 Å². The Morgan fingerprint density at radius 2 is 1.59 bits per heavy atom. The molecule has 4 rings (SSSR count). The number of amides is 1. The molecule has 1 heterocycles. The SMILES string of the molecule is CCCCN(C)C(=O)c1cc2nn(-c3cc(C(C)(C)CC(C)(C)C)cc(C(C)(C)c4ccccc4)c3C#N)nc2cc1C=O. The Labute approximate surface area is 261 Å². The Balaban J connectivity index is 1.97. The third-order valence-electron chi connectivity index (χ3n) is 8.47. The number of nitrogens with zero attached hydrogens (tertiary/aromatic N) is 5. The van der Waals surface area contributed by atoms with Crippen LogP contribution in [0.5, 0.6) is 0 Å². The predicted molar refractivity (Wildman–Crippen MR) is 177 cm³/mol. The van der Waals surface area contributed by atoms with Gasteiger partial charge < -0.3 is 4.90 Å². The van der Waals surface area contributed by atoms with Crippen molar-refractivity contribution in [3.8, 4) is 11.8 Å². The number of nitriles is 1. The van der Waals surface area contributed by atoms with Crippen LogP contribution < -0.4 is 0 Å². The molecule has 4 aromatic rings. The average Bonchev–Trinajstić information content (AvgIpc) is 3.40.